The van der Waals surface area contributed by atoms with Crippen LogP contribution < -0.4 is 5.32 Å². The summed E-state index contributed by atoms with van der Waals surface area (Å²) in [6.07, 6.45) is 1.34. The molecule has 39 heavy (non-hydrogen) atoms. The van der Waals surface area contributed by atoms with Gasteiger partial charge in [0.2, 0.25) is 0 Å². The minimum atomic E-state index is -0.608. The molecular weight excluding hydrogens is 530 g/mol. The van der Waals surface area contributed by atoms with Gasteiger partial charge < -0.3 is 15.0 Å². The first-order valence-electron chi connectivity index (χ1n) is 13.3. The maximum Gasteiger partial charge on any atom is 0.311 e. The number of hydrogen-bond donors (Lipinski definition) is 1. The highest BCUT2D eigenvalue weighted by atomic mass is 35.5. The topological polar surface area (TPSA) is 71.5 Å². The lowest BCUT2D eigenvalue weighted by Gasteiger charge is -2.24. The number of ether oxygens (including phenoxy) is 1. The fourth-order valence-electron chi connectivity index (χ4n) is 4.16. The molecule has 1 heterocycles. The molecule has 3 rings (SSSR count). The molecule has 1 amide bonds. The summed E-state index contributed by atoms with van der Waals surface area (Å²) in [4.78, 5) is 33.4. The number of carbonyl (C=O) groups is 2. The SMILES string of the molecule is Cc1cc(-c2nc(NCC(Cc3cccc(C(=O)N(C)C)c3)C(=O)OC(C)(C)C)sc2CC(C)C)ccc1Cl. The molecule has 1 unspecified atom stereocenters. The van der Waals surface area contributed by atoms with Crippen molar-refractivity contribution in [2.45, 2.75) is 60.0 Å². The summed E-state index contributed by atoms with van der Waals surface area (Å²) in [5.41, 5.74) is 3.87. The molecular formula is C31H40ClN3O3S. The van der Waals surface area contributed by atoms with Gasteiger partial charge in [0.05, 0.1) is 11.6 Å². The Hall–Kier alpha value is -2.90. The molecule has 0 aliphatic carbocycles. The third kappa shape index (κ3) is 8.80. The number of halogens is 1. The highest BCUT2D eigenvalue weighted by molar-refractivity contribution is 7.16. The van der Waals surface area contributed by atoms with Crippen LogP contribution in [-0.4, -0.2) is 48.0 Å². The van der Waals surface area contributed by atoms with E-state index in [1.54, 1.807) is 36.4 Å². The van der Waals surface area contributed by atoms with Gasteiger partial charge in [-0.25, -0.2) is 4.98 Å². The number of amides is 1. The fourth-order valence-corrected chi connectivity index (χ4v) is 5.48. The van der Waals surface area contributed by atoms with E-state index in [4.69, 9.17) is 21.3 Å². The van der Waals surface area contributed by atoms with Crippen molar-refractivity contribution >= 4 is 39.9 Å². The fraction of sp³-hybridized carbons (Fsp3) is 0.452. The minimum Gasteiger partial charge on any atom is -0.460 e. The molecule has 2 aromatic carbocycles. The summed E-state index contributed by atoms with van der Waals surface area (Å²) in [5, 5.41) is 4.92. The van der Waals surface area contributed by atoms with Gasteiger partial charge in [-0.1, -0.05) is 43.6 Å². The van der Waals surface area contributed by atoms with E-state index < -0.39 is 11.5 Å². The summed E-state index contributed by atoms with van der Waals surface area (Å²) in [6, 6.07) is 13.4. The van der Waals surface area contributed by atoms with E-state index >= 15 is 0 Å². The van der Waals surface area contributed by atoms with Gasteiger partial charge in [-0.2, -0.15) is 0 Å². The smallest absolute Gasteiger partial charge is 0.311 e. The van der Waals surface area contributed by atoms with Crippen molar-refractivity contribution in [3.8, 4) is 11.3 Å². The molecule has 0 saturated heterocycles. The third-order valence-electron chi connectivity index (χ3n) is 6.02. The van der Waals surface area contributed by atoms with Crippen LogP contribution >= 0.6 is 22.9 Å². The molecule has 0 aliphatic rings. The van der Waals surface area contributed by atoms with Crippen molar-refractivity contribution in [3.63, 3.8) is 0 Å². The van der Waals surface area contributed by atoms with Crippen molar-refractivity contribution < 1.29 is 14.3 Å². The van der Waals surface area contributed by atoms with Gasteiger partial charge in [-0.3, -0.25) is 9.59 Å². The molecule has 3 aromatic rings. The molecule has 1 aromatic heterocycles. The summed E-state index contributed by atoms with van der Waals surface area (Å²) in [6.45, 7) is 12.3. The molecule has 0 bridgehead atoms. The van der Waals surface area contributed by atoms with E-state index in [2.05, 4.69) is 25.2 Å². The number of esters is 1. The van der Waals surface area contributed by atoms with E-state index in [-0.39, 0.29) is 11.9 Å². The molecule has 6 nitrogen and oxygen atoms in total. The van der Waals surface area contributed by atoms with E-state index in [0.717, 1.165) is 39.0 Å². The van der Waals surface area contributed by atoms with Crippen molar-refractivity contribution in [2.75, 3.05) is 26.0 Å². The van der Waals surface area contributed by atoms with E-state index in [1.165, 1.54) is 4.88 Å². The monoisotopic (exact) mass is 569 g/mol. The standard InChI is InChI=1S/C31H40ClN3O3S/c1-19(2)14-26-27(22-12-13-25(32)20(3)15-22)34-30(39-26)33-18-24(29(37)38-31(4,5)6)17-21-10-9-11-23(16-21)28(36)35(7)8/h9-13,15-16,19,24H,14,17-18H2,1-8H3,(H,33,34). The Morgan fingerprint density at radius 2 is 1.82 bits per heavy atom. The normalized spacial score (nSPS) is 12.4. The molecule has 0 saturated carbocycles. The highest BCUT2D eigenvalue weighted by Gasteiger charge is 2.26. The summed E-state index contributed by atoms with van der Waals surface area (Å²) in [5.74, 6) is -0.356. The van der Waals surface area contributed by atoms with Crippen LogP contribution in [0.1, 0.15) is 61.0 Å². The number of aryl methyl sites for hydroxylation is 1. The number of rotatable bonds is 10. The van der Waals surface area contributed by atoms with Crippen LogP contribution in [-0.2, 0) is 22.4 Å². The molecule has 1 N–H and O–H groups in total. The summed E-state index contributed by atoms with van der Waals surface area (Å²) in [7, 11) is 3.45. The van der Waals surface area contributed by atoms with Gasteiger partial charge in [0.25, 0.3) is 5.91 Å². The number of nitrogens with one attached hydrogen (secondary N) is 1. The second kappa shape index (κ2) is 13.0. The zero-order valence-corrected chi connectivity index (χ0v) is 25.8. The maximum absolute atomic E-state index is 13.3. The van der Waals surface area contributed by atoms with Crippen LogP contribution in [0.2, 0.25) is 5.02 Å². The molecule has 0 aliphatic heterocycles. The number of thiazole rings is 1. The van der Waals surface area contributed by atoms with E-state index in [9.17, 15) is 9.59 Å². The largest absolute Gasteiger partial charge is 0.460 e. The van der Waals surface area contributed by atoms with Gasteiger partial charge in [-0.05, 0) is 81.8 Å². The lowest BCUT2D eigenvalue weighted by Crippen LogP contribution is -2.33. The van der Waals surface area contributed by atoms with Crippen LogP contribution in [0.4, 0.5) is 5.13 Å². The molecule has 0 fully saturated rings. The average molecular weight is 570 g/mol. The number of benzene rings is 2. The summed E-state index contributed by atoms with van der Waals surface area (Å²) >= 11 is 7.89. The maximum atomic E-state index is 13.3. The van der Waals surface area contributed by atoms with Gasteiger partial charge in [0.1, 0.15) is 5.60 Å². The first-order valence-corrected chi connectivity index (χ1v) is 14.5. The average Bonchev–Trinajstić information content (AvgIpc) is 3.23. The Morgan fingerprint density at radius 1 is 1.10 bits per heavy atom. The minimum absolute atomic E-state index is 0.0748. The van der Waals surface area contributed by atoms with Crippen LogP contribution in [0.25, 0.3) is 11.3 Å². The van der Waals surface area contributed by atoms with Crippen molar-refractivity contribution in [3.05, 3.63) is 69.1 Å². The predicted octanol–water partition coefficient (Wildman–Crippen LogP) is 7.28. The number of anilines is 1. The second-order valence-corrected chi connectivity index (χ2v) is 13.1. The van der Waals surface area contributed by atoms with Gasteiger partial charge in [-0.15, -0.1) is 11.3 Å². The zero-order valence-electron chi connectivity index (χ0n) is 24.2. The molecule has 0 radical (unpaired) electrons. The molecule has 210 valence electrons. The second-order valence-electron chi connectivity index (χ2n) is 11.6. The van der Waals surface area contributed by atoms with Crippen LogP contribution in [0.15, 0.2) is 42.5 Å². The Balaban J connectivity index is 1.87. The van der Waals surface area contributed by atoms with E-state index in [1.807, 2.05) is 58.0 Å². The van der Waals surface area contributed by atoms with Crippen molar-refractivity contribution in [1.82, 2.24) is 9.88 Å². The summed E-state index contributed by atoms with van der Waals surface area (Å²) < 4.78 is 5.77. The lowest BCUT2D eigenvalue weighted by molar-refractivity contribution is -0.159. The zero-order chi connectivity index (χ0) is 28.9. The first kappa shape index (κ1) is 30.6. The Bertz CT molecular complexity index is 1310. The first-order chi connectivity index (χ1) is 18.2. The van der Waals surface area contributed by atoms with Crippen LogP contribution in [0.3, 0.4) is 0 Å². The van der Waals surface area contributed by atoms with Gasteiger partial charge in [0, 0.05) is 41.7 Å². The number of aromatic nitrogens is 1. The van der Waals surface area contributed by atoms with Crippen LogP contribution in [0, 0.1) is 18.8 Å². The third-order valence-corrected chi connectivity index (χ3v) is 7.48. The van der Waals surface area contributed by atoms with Crippen molar-refractivity contribution in [1.29, 1.82) is 0 Å². The Kier molecular flexibility index (Phi) is 10.2. The quantitative estimate of drug-likeness (QED) is 0.260. The number of hydrogen-bond acceptors (Lipinski definition) is 6. The molecule has 8 heteroatoms. The van der Waals surface area contributed by atoms with Crippen LogP contribution in [0.5, 0.6) is 0 Å². The highest BCUT2D eigenvalue weighted by Crippen LogP contribution is 2.34. The van der Waals surface area contributed by atoms with E-state index in [0.29, 0.717) is 24.4 Å². The molecule has 0 spiro atoms. The van der Waals surface area contributed by atoms with Gasteiger partial charge in [0.15, 0.2) is 5.13 Å². The number of nitrogens with zero attached hydrogens (tertiary/aromatic N) is 2. The van der Waals surface area contributed by atoms with Gasteiger partial charge >= 0.3 is 5.97 Å². The lowest BCUT2D eigenvalue weighted by atomic mass is 9.97. The Morgan fingerprint density at radius 3 is 2.44 bits per heavy atom. The van der Waals surface area contributed by atoms with Crippen molar-refractivity contribution in [2.24, 2.45) is 11.8 Å². The predicted molar refractivity (Wildman–Crippen MR) is 162 cm³/mol. The Labute approximate surface area is 241 Å². The molecule has 1 atom stereocenters. The number of carbonyl (C=O) groups excluding carboxylic acids is 2.